The Labute approximate surface area is 143 Å². The van der Waals surface area contributed by atoms with Gasteiger partial charge in [-0.1, -0.05) is 30.3 Å². The number of amides is 2. The highest BCUT2D eigenvalue weighted by molar-refractivity contribution is 5.82. The van der Waals surface area contributed by atoms with E-state index < -0.39 is 30.9 Å². The zero-order valence-corrected chi connectivity index (χ0v) is 13.5. The number of likely N-dealkylation sites (tertiary alicyclic amines) is 1. The molecule has 1 aliphatic carbocycles. The van der Waals surface area contributed by atoms with Crippen LogP contribution >= 0.6 is 0 Å². The monoisotopic (exact) mass is 356 g/mol. The molecule has 1 aromatic carbocycles. The number of hydrogen-bond acceptors (Lipinski definition) is 3. The van der Waals surface area contributed by atoms with Crippen molar-refractivity contribution in [3.05, 3.63) is 35.9 Å². The van der Waals surface area contributed by atoms with E-state index in [1.165, 1.54) is 4.90 Å². The molecule has 0 radical (unpaired) electrons. The van der Waals surface area contributed by atoms with Crippen LogP contribution in [0.4, 0.5) is 18.0 Å². The predicted octanol–water partition coefficient (Wildman–Crippen LogP) is 3.12. The summed E-state index contributed by atoms with van der Waals surface area (Å²) in [5.74, 6) is -2.14. The van der Waals surface area contributed by atoms with E-state index in [0.717, 1.165) is 18.4 Å². The first-order valence-electron chi connectivity index (χ1n) is 8.22. The Balaban J connectivity index is 1.66. The van der Waals surface area contributed by atoms with E-state index in [2.05, 4.69) is 0 Å². The fourth-order valence-corrected chi connectivity index (χ4v) is 3.17. The van der Waals surface area contributed by atoms with Crippen LogP contribution in [0.3, 0.4) is 0 Å². The third kappa shape index (κ3) is 4.05. The molecule has 0 unspecified atom stereocenters. The minimum Gasteiger partial charge on any atom is -0.428 e. The van der Waals surface area contributed by atoms with E-state index in [1.54, 1.807) is 12.1 Å². The lowest BCUT2D eigenvalue weighted by molar-refractivity contribution is -0.189. The van der Waals surface area contributed by atoms with E-state index in [1.807, 2.05) is 18.2 Å². The van der Waals surface area contributed by atoms with Crippen molar-refractivity contribution >= 4 is 12.0 Å². The molecular weight excluding hydrogens is 337 g/mol. The summed E-state index contributed by atoms with van der Waals surface area (Å²) in [4.78, 5) is 25.7. The third-order valence-corrected chi connectivity index (χ3v) is 4.58. The van der Waals surface area contributed by atoms with Crippen LogP contribution in [0.25, 0.3) is 0 Å². The lowest BCUT2D eigenvalue weighted by Gasteiger charge is -2.25. The zero-order chi connectivity index (χ0) is 18.0. The molecule has 1 saturated carbocycles. The molecule has 2 fully saturated rings. The lowest BCUT2D eigenvalue weighted by Crippen LogP contribution is -2.45. The quantitative estimate of drug-likeness (QED) is 0.779. The molecule has 0 spiro atoms. The molecule has 136 valence electrons. The summed E-state index contributed by atoms with van der Waals surface area (Å²) in [5.41, 5.74) is 0.873. The van der Waals surface area contributed by atoms with Crippen molar-refractivity contribution in [3.63, 3.8) is 0 Å². The number of benzene rings is 1. The Morgan fingerprint density at radius 3 is 2.40 bits per heavy atom. The fraction of sp³-hybridized carbons (Fsp3) is 0.529. The van der Waals surface area contributed by atoms with Crippen molar-refractivity contribution in [1.29, 1.82) is 0 Å². The van der Waals surface area contributed by atoms with Crippen LogP contribution in [0.5, 0.6) is 0 Å². The van der Waals surface area contributed by atoms with E-state index >= 15 is 0 Å². The summed E-state index contributed by atoms with van der Waals surface area (Å²) in [5, 5.41) is 0. The first-order valence-corrected chi connectivity index (χ1v) is 8.22. The van der Waals surface area contributed by atoms with Crippen molar-refractivity contribution in [2.24, 2.45) is 0 Å². The molecule has 5 nitrogen and oxygen atoms in total. The van der Waals surface area contributed by atoms with Gasteiger partial charge in [0.2, 0.25) is 0 Å². The van der Waals surface area contributed by atoms with Gasteiger partial charge in [-0.05, 0) is 24.8 Å². The van der Waals surface area contributed by atoms with Gasteiger partial charge < -0.3 is 9.64 Å². The van der Waals surface area contributed by atoms with Gasteiger partial charge in [0.1, 0.15) is 0 Å². The average Bonchev–Trinajstić information content (AvgIpc) is 3.17. The molecule has 0 aromatic heterocycles. The van der Waals surface area contributed by atoms with Crippen molar-refractivity contribution in [2.75, 3.05) is 19.8 Å². The number of ether oxygens (including phenoxy) is 1. The number of halogens is 3. The number of hydrogen-bond donors (Lipinski definition) is 0. The van der Waals surface area contributed by atoms with E-state index in [-0.39, 0.29) is 5.92 Å². The Morgan fingerprint density at radius 1 is 1.16 bits per heavy atom. The Hall–Kier alpha value is -2.25. The minimum atomic E-state index is -5.00. The van der Waals surface area contributed by atoms with Gasteiger partial charge in [0.15, 0.2) is 6.73 Å². The molecule has 2 amide bonds. The average molecular weight is 356 g/mol. The van der Waals surface area contributed by atoms with Crippen LogP contribution in [0, 0.1) is 0 Å². The predicted molar refractivity (Wildman–Crippen MR) is 82.6 cm³/mol. The molecule has 1 aromatic rings. The van der Waals surface area contributed by atoms with Crippen molar-refractivity contribution in [3.8, 4) is 0 Å². The second-order valence-electron chi connectivity index (χ2n) is 6.33. The highest BCUT2D eigenvalue weighted by Crippen LogP contribution is 2.45. The second kappa shape index (κ2) is 6.93. The first kappa shape index (κ1) is 17.6. The maximum absolute atomic E-state index is 12.9. The zero-order valence-electron chi connectivity index (χ0n) is 13.5. The molecule has 3 rings (SSSR count). The van der Waals surface area contributed by atoms with Crippen LogP contribution in [-0.4, -0.2) is 53.8 Å². The highest BCUT2D eigenvalue weighted by Gasteiger charge is 2.52. The normalized spacial score (nSPS) is 22.6. The fourth-order valence-electron chi connectivity index (χ4n) is 3.17. The van der Waals surface area contributed by atoms with E-state index in [0.29, 0.717) is 24.4 Å². The number of rotatable bonds is 4. The van der Waals surface area contributed by atoms with Gasteiger partial charge in [0.05, 0.1) is 0 Å². The molecule has 1 heterocycles. The minimum absolute atomic E-state index is 0.169. The van der Waals surface area contributed by atoms with Gasteiger partial charge in [0, 0.05) is 25.0 Å². The molecule has 25 heavy (non-hydrogen) atoms. The number of carbonyl (C=O) groups excluding carboxylic acids is 2. The molecule has 2 aliphatic rings. The van der Waals surface area contributed by atoms with Crippen molar-refractivity contribution in [2.45, 2.75) is 37.4 Å². The molecule has 0 N–H and O–H groups in total. The molecule has 1 saturated heterocycles. The number of alkyl halides is 3. The van der Waals surface area contributed by atoms with Crippen LogP contribution in [-0.2, 0) is 9.53 Å². The number of carbonyl (C=O) groups is 2. The first-order chi connectivity index (χ1) is 11.9. The van der Waals surface area contributed by atoms with Crippen LogP contribution < -0.4 is 0 Å². The smallest absolute Gasteiger partial charge is 0.428 e. The standard InChI is InChI=1S/C17H19F3N2O3/c18-17(19,20)15(23)22(11-25-16(24)21-8-4-5-9-21)14-10-13(14)12-6-2-1-3-7-12/h1-3,6-7,13-14H,4-5,8-11H2/t13-,14+/m0/s1. The maximum atomic E-state index is 12.9. The lowest BCUT2D eigenvalue weighted by atomic mass is 10.1. The SMILES string of the molecule is O=C(OCN(C(=O)C(F)(F)F)[C@@H]1C[C@H]1c1ccccc1)N1CCCC1. The van der Waals surface area contributed by atoms with E-state index in [4.69, 9.17) is 4.74 Å². The largest absolute Gasteiger partial charge is 0.471 e. The second-order valence-corrected chi connectivity index (χ2v) is 6.33. The van der Waals surface area contributed by atoms with Gasteiger partial charge in [-0.15, -0.1) is 0 Å². The summed E-state index contributed by atoms with van der Waals surface area (Å²) in [6.45, 7) is 0.381. The molecule has 8 heteroatoms. The summed E-state index contributed by atoms with van der Waals surface area (Å²) < 4.78 is 43.7. The Morgan fingerprint density at radius 2 is 1.80 bits per heavy atom. The van der Waals surface area contributed by atoms with Gasteiger partial charge in [-0.2, -0.15) is 13.2 Å². The topological polar surface area (TPSA) is 49.9 Å². The highest BCUT2D eigenvalue weighted by atomic mass is 19.4. The molecular formula is C17H19F3N2O3. The summed E-state index contributed by atoms with van der Waals surface area (Å²) in [6.07, 6.45) is -3.55. The van der Waals surface area contributed by atoms with Crippen LogP contribution in [0.15, 0.2) is 30.3 Å². The third-order valence-electron chi connectivity index (χ3n) is 4.58. The van der Waals surface area contributed by atoms with Gasteiger partial charge in [0.25, 0.3) is 0 Å². The summed E-state index contributed by atoms with van der Waals surface area (Å²) in [7, 11) is 0. The van der Waals surface area contributed by atoms with Crippen LogP contribution in [0.2, 0.25) is 0 Å². The molecule has 0 bridgehead atoms. The summed E-state index contributed by atoms with van der Waals surface area (Å²) >= 11 is 0. The van der Waals surface area contributed by atoms with Crippen molar-refractivity contribution in [1.82, 2.24) is 9.80 Å². The van der Waals surface area contributed by atoms with Gasteiger partial charge in [-0.3, -0.25) is 9.69 Å². The maximum Gasteiger partial charge on any atom is 0.471 e. The Kier molecular flexibility index (Phi) is 4.87. The van der Waals surface area contributed by atoms with E-state index in [9.17, 15) is 22.8 Å². The summed E-state index contributed by atoms with van der Waals surface area (Å²) in [6, 6.07) is 8.44. The van der Waals surface area contributed by atoms with Crippen LogP contribution in [0.1, 0.15) is 30.7 Å². The van der Waals surface area contributed by atoms with Gasteiger partial charge in [-0.25, -0.2) is 4.79 Å². The number of nitrogens with zero attached hydrogens (tertiary/aromatic N) is 2. The molecule has 2 atom stereocenters. The Bertz CT molecular complexity index is 630. The van der Waals surface area contributed by atoms with Crippen molar-refractivity contribution < 1.29 is 27.5 Å². The molecule has 1 aliphatic heterocycles. The van der Waals surface area contributed by atoms with Gasteiger partial charge >= 0.3 is 18.2 Å².